The molecule has 0 aromatic heterocycles. The van der Waals surface area contributed by atoms with Crippen LogP contribution in [0.1, 0.15) is 51.0 Å². The van der Waals surface area contributed by atoms with E-state index in [-0.39, 0.29) is 5.92 Å². The van der Waals surface area contributed by atoms with Crippen molar-refractivity contribution < 1.29 is 8.78 Å². The van der Waals surface area contributed by atoms with Gasteiger partial charge in [0, 0.05) is 32.7 Å². The fourth-order valence-electron chi connectivity index (χ4n) is 3.26. The summed E-state index contributed by atoms with van der Waals surface area (Å²) in [7, 11) is 1.76. The normalized spacial score (nSPS) is 18.0. The van der Waals surface area contributed by atoms with Crippen LogP contribution in [0.15, 0.2) is 23.2 Å². The monoisotopic (exact) mass is 366 g/mol. The highest BCUT2D eigenvalue weighted by atomic mass is 19.2. The summed E-state index contributed by atoms with van der Waals surface area (Å²) in [5.74, 6) is -0.783. The molecular weight excluding hydrogens is 334 g/mol. The zero-order chi connectivity index (χ0) is 18.9. The third kappa shape index (κ3) is 6.24. The first-order chi connectivity index (χ1) is 12.5. The second kappa shape index (κ2) is 10.5. The Balaban J connectivity index is 1.76. The van der Waals surface area contributed by atoms with Crippen molar-refractivity contribution in [1.29, 1.82) is 0 Å². The van der Waals surface area contributed by atoms with Crippen molar-refractivity contribution in [2.45, 2.75) is 51.5 Å². The van der Waals surface area contributed by atoms with Gasteiger partial charge in [-0.05, 0) is 49.4 Å². The molecule has 1 aromatic carbocycles. The first-order valence-electron chi connectivity index (χ1n) is 9.68. The zero-order valence-corrected chi connectivity index (χ0v) is 16.2. The summed E-state index contributed by atoms with van der Waals surface area (Å²) in [5, 5.41) is 6.79. The maximum atomic E-state index is 13.4. The fraction of sp³-hybridized carbons (Fsp3) is 0.650. The van der Waals surface area contributed by atoms with Crippen LogP contribution in [-0.2, 0) is 0 Å². The number of nitrogens with zero attached hydrogens (tertiary/aromatic N) is 2. The molecule has 0 amide bonds. The van der Waals surface area contributed by atoms with Crippen molar-refractivity contribution in [1.82, 2.24) is 15.5 Å². The van der Waals surface area contributed by atoms with Crippen molar-refractivity contribution in [2.75, 3.05) is 33.2 Å². The molecular formula is C20H32F2N4. The average Bonchev–Trinajstić information content (AvgIpc) is 2.66. The highest BCUT2D eigenvalue weighted by Crippen LogP contribution is 2.17. The molecule has 4 nitrogen and oxygen atoms in total. The number of halogens is 2. The van der Waals surface area contributed by atoms with Crippen LogP contribution in [0.4, 0.5) is 8.78 Å². The molecule has 1 fully saturated rings. The average molecular weight is 367 g/mol. The topological polar surface area (TPSA) is 39.7 Å². The molecule has 0 saturated carbocycles. The van der Waals surface area contributed by atoms with E-state index in [1.807, 2.05) is 6.92 Å². The Kier molecular flexibility index (Phi) is 8.29. The highest BCUT2D eigenvalue weighted by Gasteiger charge is 2.19. The number of hydrogen-bond donors (Lipinski definition) is 2. The molecule has 0 spiro atoms. The fourth-order valence-corrected chi connectivity index (χ4v) is 3.26. The van der Waals surface area contributed by atoms with Gasteiger partial charge < -0.3 is 15.5 Å². The lowest BCUT2D eigenvalue weighted by atomic mass is 10.0. The van der Waals surface area contributed by atoms with Crippen LogP contribution < -0.4 is 10.6 Å². The van der Waals surface area contributed by atoms with E-state index >= 15 is 0 Å². The Labute approximate surface area is 156 Å². The van der Waals surface area contributed by atoms with E-state index < -0.39 is 11.6 Å². The smallest absolute Gasteiger partial charge is 0.191 e. The number of benzene rings is 1. The molecule has 1 aliphatic rings. The number of hydrogen-bond acceptors (Lipinski definition) is 2. The quantitative estimate of drug-likeness (QED) is 0.573. The predicted octanol–water partition coefficient (Wildman–Crippen LogP) is 3.50. The molecule has 0 aliphatic carbocycles. The molecule has 1 unspecified atom stereocenters. The molecule has 1 aliphatic heterocycles. The molecule has 0 radical (unpaired) electrons. The van der Waals surface area contributed by atoms with E-state index in [1.165, 1.54) is 31.5 Å². The van der Waals surface area contributed by atoms with Crippen LogP contribution in [0.25, 0.3) is 0 Å². The Morgan fingerprint density at radius 2 is 2.00 bits per heavy atom. The van der Waals surface area contributed by atoms with Crippen molar-refractivity contribution in [3.63, 3.8) is 0 Å². The van der Waals surface area contributed by atoms with Gasteiger partial charge in [-0.3, -0.25) is 4.99 Å². The van der Waals surface area contributed by atoms with Gasteiger partial charge >= 0.3 is 0 Å². The van der Waals surface area contributed by atoms with Gasteiger partial charge in [0.05, 0.1) is 0 Å². The minimum Gasteiger partial charge on any atom is -0.356 e. The summed E-state index contributed by atoms with van der Waals surface area (Å²) in [6.07, 6.45) is 4.74. The molecule has 146 valence electrons. The first kappa shape index (κ1) is 20.6. The van der Waals surface area contributed by atoms with Gasteiger partial charge in [0.25, 0.3) is 0 Å². The molecule has 2 N–H and O–H groups in total. The third-order valence-electron chi connectivity index (χ3n) is 5.07. The van der Waals surface area contributed by atoms with E-state index in [4.69, 9.17) is 0 Å². The van der Waals surface area contributed by atoms with E-state index in [1.54, 1.807) is 13.1 Å². The van der Waals surface area contributed by atoms with Crippen molar-refractivity contribution in [2.24, 2.45) is 4.99 Å². The lowest BCUT2D eigenvalue weighted by Gasteiger charge is -2.33. The molecule has 26 heavy (non-hydrogen) atoms. The SMILES string of the molecule is CCCCN1CCC(NC(=NC)NCC(C)c2ccc(F)c(F)c2)CC1. The van der Waals surface area contributed by atoms with Crippen LogP contribution in [0.3, 0.4) is 0 Å². The Hall–Kier alpha value is -1.69. The third-order valence-corrected chi connectivity index (χ3v) is 5.07. The van der Waals surface area contributed by atoms with Crippen molar-refractivity contribution in [3.8, 4) is 0 Å². The second-order valence-electron chi connectivity index (χ2n) is 7.14. The van der Waals surface area contributed by atoms with Gasteiger partial charge in [-0.15, -0.1) is 0 Å². The van der Waals surface area contributed by atoms with E-state index in [0.29, 0.717) is 12.6 Å². The maximum Gasteiger partial charge on any atom is 0.191 e. The first-order valence-corrected chi connectivity index (χ1v) is 9.68. The molecule has 1 heterocycles. The van der Waals surface area contributed by atoms with Crippen LogP contribution in [-0.4, -0.2) is 50.1 Å². The molecule has 0 bridgehead atoms. The summed E-state index contributed by atoms with van der Waals surface area (Å²) in [5.41, 5.74) is 0.774. The number of guanidine groups is 1. The number of aliphatic imine (C=N–C) groups is 1. The predicted molar refractivity (Wildman–Crippen MR) is 104 cm³/mol. The summed E-state index contributed by atoms with van der Waals surface area (Å²) in [4.78, 5) is 6.83. The standard InChI is InChI=1S/C20H32F2N4/c1-4-5-10-26-11-8-17(9-12-26)25-20(23-3)24-14-15(2)16-6-7-18(21)19(22)13-16/h6-7,13,15,17H,4-5,8-12,14H2,1-3H3,(H2,23,24,25). The number of unbranched alkanes of at least 4 members (excludes halogenated alkanes) is 1. The van der Waals surface area contributed by atoms with Crippen molar-refractivity contribution >= 4 is 5.96 Å². The zero-order valence-electron chi connectivity index (χ0n) is 16.2. The molecule has 1 aromatic rings. The summed E-state index contributed by atoms with van der Waals surface area (Å²) < 4.78 is 26.5. The van der Waals surface area contributed by atoms with Crippen LogP contribution in [0.5, 0.6) is 0 Å². The van der Waals surface area contributed by atoms with Gasteiger partial charge in [0.2, 0.25) is 0 Å². The Morgan fingerprint density at radius 1 is 1.27 bits per heavy atom. The minimum atomic E-state index is -0.809. The van der Waals surface area contributed by atoms with Gasteiger partial charge in [0.15, 0.2) is 17.6 Å². The van der Waals surface area contributed by atoms with Crippen LogP contribution in [0.2, 0.25) is 0 Å². The molecule has 1 saturated heterocycles. The molecule has 1 atom stereocenters. The highest BCUT2D eigenvalue weighted by molar-refractivity contribution is 5.80. The summed E-state index contributed by atoms with van der Waals surface area (Å²) in [6, 6.07) is 4.51. The van der Waals surface area contributed by atoms with Gasteiger partial charge in [0.1, 0.15) is 0 Å². The second-order valence-corrected chi connectivity index (χ2v) is 7.14. The van der Waals surface area contributed by atoms with Gasteiger partial charge in [-0.1, -0.05) is 26.3 Å². The Morgan fingerprint density at radius 3 is 2.62 bits per heavy atom. The summed E-state index contributed by atoms with van der Waals surface area (Å²) >= 11 is 0. The van der Waals surface area contributed by atoms with E-state index in [0.717, 1.165) is 37.5 Å². The minimum absolute atomic E-state index is 0.0551. The largest absolute Gasteiger partial charge is 0.356 e. The number of piperidine rings is 1. The van der Waals surface area contributed by atoms with Crippen LogP contribution in [0, 0.1) is 11.6 Å². The maximum absolute atomic E-state index is 13.4. The molecule has 2 rings (SSSR count). The lowest BCUT2D eigenvalue weighted by molar-refractivity contribution is 0.203. The van der Waals surface area contributed by atoms with E-state index in [2.05, 4.69) is 27.4 Å². The molecule has 6 heteroatoms. The van der Waals surface area contributed by atoms with E-state index in [9.17, 15) is 8.78 Å². The number of likely N-dealkylation sites (tertiary alicyclic amines) is 1. The lowest BCUT2D eigenvalue weighted by Crippen LogP contribution is -2.49. The van der Waals surface area contributed by atoms with Gasteiger partial charge in [-0.25, -0.2) is 8.78 Å². The number of nitrogens with one attached hydrogen (secondary N) is 2. The Bertz CT molecular complexity index is 583. The van der Waals surface area contributed by atoms with Crippen molar-refractivity contribution in [3.05, 3.63) is 35.4 Å². The number of rotatable bonds is 7. The van der Waals surface area contributed by atoms with Gasteiger partial charge in [-0.2, -0.15) is 0 Å². The van der Waals surface area contributed by atoms with Crippen LogP contribution >= 0.6 is 0 Å². The summed E-state index contributed by atoms with van der Waals surface area (Å²) in [6.45, 7) is 8.27.